The summed E-state index contributed by atoms with van der Waals surface area (Å²) in [7, 11) is 1.49. The fourth-order valence-electron chi connectivity index (χ4n) is 2.86. The first-order valence-corrected chi connectivity index (χ1v) is 9.40. The molecule has 0 aliphatic rings. The van der Waals surface area contributed by atoms with E-state index in [0.29, 0.717) is 53.8 Å². The van der Waals surface area contributed by atoms with E-state index < -0.39 is 0 Å². The topological polar surface area (TPSA) is 146 Å². The van der Waals surface area contributed by atoms with Crippen LogP contribution in [0.5, 0.6) is 11.6 Å². The van der Waals surface area contributed by atoms with Gasteiger partial charge < -0.3 is 14.0 Å². The minimum Gasteiger partial charge on any atom is -0.491 e. The van der Waals surface area contributed by atoms with Crippen LogP contribution in [-0.4, -0.2) is 41.9 Å². The zero-order valence-corrected chi connectivity index (χ0v) is 16.8. The Morgan fingerprint density at radius 3 is 2.84 bits per heavy atom. The standard InChI is InChI=1S/C19H18N8O4/c1-12-9-14(25-31-12)18-22-21-16-10-15(29-2)19(24-27(16)18)30-11-13-5-6-17(28)26(23-13)8-4-3-7-20/h5-6,9-10H,3-4,8,11H2,1-2H3. The van der Waals surface area contributed by atoms with Gasteiger partial charge in [-0.15, -0.1) is 15.3 Å². The van der Waals surface area contributed by atoms with Gasteiger partial charge in [0.25, 0.3) is 11.4 Å². The second kappa shape index (κ2) is 8.62. The van der Waals surface area contributed by atoms with Gasteiger partial charge in [-0.3, -0.25) is 4.79 Å². The normalized spacial score (nSPS) is 10.9. The summed E-state index contributed by atoms with van der Waals surface area (Å²) in [6.07, 6.45) is 0.889. The molecule has 4 heterocycles. The number of aromatic nitrogens is 7. The van der Waals surface area contributed by atoms with Crippen molar-refractivity contribution in [3.05, 3.63) is 46.1 Å². The number of ether oxygens (including phenoxy) is 2. The highest BCUT2D eigenvalue weighted by Gasteiger charge is 2.18. The minimum absolute atomic E-state index is 0.0495. The summed E-state index contributed by atoms with van der Waals surface area (Å²) >= 11 is 0. The van der Waals surface area contributed by atoms with Crippen LogP contribution in [-0.2, 0) is 13.2 Å². The SMILES string of the molecule is COc1cc2nnc(-c3cc(C)on3)n2nc1OCc1ccc(=O)n(CCCC#N)n1. The molecule has 0 fully saturated rings. The van der Waals surface area contributed by atoms with Gasteiger partial charge in [-0.05, 0) is 19.4 Å². The maximum Gasteiger partial charge on any atom is 0.275 e. The first-order chi connectivity index (χ1) is 15.1. The second-order valence-corrected chi connectivity index (χ2v) is 6.57. The van der Waals surface area contributed by atoms with E-state index in [1.54, 1.807) is 25.1 Å². The smallest absolute Gasteiger partial charge is 0.275 e. The maximum atomic E-state index is 11.9. The average molecular weight is 422 g/mol. The molecule has 158 valence electrons. The van der Waals surface area contributed by atoms with Crippen molar-refractivity contribution in [3.8, 4) is 29.2 Å². The predicted molar refractivity (Wildman–Crippen MR) is 105 cm³/mol. The molecule has 0 bridgehead atoms. The van der Waals surface area contributed by atoms with Crippen molar-refractivity contribution in [1.82, 2.24) is 34.7 Å². The molecular formula is C19H18N8O4. The van der Waals surface area contributed by atoms with Crippen LogP contribution in [0.3, 0.4) is 0 Å². The Bertz CT molecular complexity index is 1320. The lowest BCUT2D eigenvalue weighted by Gasteiger charge is -2.10. The molecule has 0 aliphatic heterocycles. The number of nitrogens with zero attached hydrogens (tertiary/aromatic N) is 8. The van der Waals surface area contributed by atoms with E-state index in [4.69, 9.17) is 19.3 Å². The molecule has 4 aromatic rings. The molecule has 4 aromatic heterocycles. The summed E-state index contributed by atoms with van der Waals surface area (Å²) in [5.41, 5.74) is 1.22. The van der Waals surface area contributed by atoms with Gasteiger partial charge in [0.15, 0.2) is 17.1 Å². The van der Waals surface area contributed by atoms with Crippen molar-refractivity contribution < 1.29 is 14.0 Å². The summed E-state index contributed by atoms with van der Waals surface area (Å²) in [6, 6.07) is 8.41. The van der Waals surface area contributed by atoms with Gasteiger partial charge in [-0.25, -0.2) is 4.68 Å². The van der Waals surface area contributed by atoms with Crippen molar-refractivity contribution in [2.45, 2.75) is 32.9 Å². The lowest BCUT2D eigenvalue weighted by Crippen LogP contribution is -2.23. The largest absolute Gasteiger partial charge is 0.491 e. The molecule has 12 heteroatoms. The summed E-state index contributed by atoms with van der Waals surface area (Å²) in [5.74, 6) is 1.58. The van der Waals surface area contributed by atoms with E-state index >= 15 is 0 Å². The predicted octanol–water partition coefficient (Wildman–Crippen LogP) is 1.54. The van der Waals surface area contributed by atoms with Gasteiger partial charge in [0.1, 0.15) is 12.4 Å². The molecular weight excluding hydrogens is 404 g/mol. The Labute approximate surface area is 175 Å². The van der Waals surface area contributed by atoms with Crippen LogP contribution < -0.4 is 15.0 Å². The zero-order chi connectivity index (χ0) is 21.8. The van der Waals surface area contributed by atoms with Crippen LogP contribution in [0.25, 0.3) is 17.2 Å². The number of unbranched alkanes of at least 4 members (excludes halogenated alkanes) is 1. The molecule has 0 atom stereocenters. The summed E-state index contributed by atoms with van der Waals surface area (Å²) in [6.45, 7) is 2.18. The number of methoxy groups -OCH3 is 1. The Balaban J connectivity index is 1.60. The Morgan fingerprint density at radius 2 is 2.10 bits per heavy atom. The van der Waals surface area contributed by atoms with Crippen molar-refractivity contribution >= 4 is 5.65 Å². The monoisotopic (exact) mass is 422 g/mol. The Hall–Kier alpha value is -4.27. The minimum atomic E-state index is -0.240. The van der Waals surface area contributed by atoms with Gasteiger partial charge in [-0.2, -0.15) is 14.9 Å². The van der Waals surface area contributed by atoms with E-state index in [-0.39, 0.29) is 18.0 Å². The molecule has 0 aromatic carbocycles. The number of aryl methyl sites for hydroxylation is 2. The van der Waals surface area contributed by atoms with Gasteiger partial charge in [0.05, 0.1) is 18.9 Å². The van der Waals surface area contributed by atoms with Crippen molar-refractivity contribution in [2.75, 3.05) is 7.11 Å². The Kier molecular flexibility index (Phi) is 5.57. The Morgan fingerprint density at radius 1 is 1.23 bits per heavy atom. The first kappa shape index (κ1) is 20.0. The molecule has 0 saturated heterocycles. The molecule has 4 rings (SSSR count). The van der Waals surface area contributed by atoms with E-state index in [1.807, 2.05) is 6.07 Å². The maximum absolute atomic E-state index is 11.9. The molecule has 12 nitrogen and oxygen atoms in total. The second-order valence-electron chi connectivity index (χ2n) is 6.57. The zero-order valence-electron chi connectivity index (χ0n) is 16.8. The molecule has 0 spiro atoms. The average Bonchev–Trinajstić information content (AvgIpc) is 3.38. The van der Waals surface area contributed by atoms with Gasteiger partial charge in [0, 0.05) is 31.2 Å². The fourth-order valence-corrected chi connectivity index (χ4v) is 2.86. The van der Waals surface area contributed by atoms with Crippen LogP contribution >= 0.6 is 0 Å². The van der Waals surface area contributed by atoms with Crippen molar-refractivity contribution in [2.24, 2.45) is 0 Å². The highest BCUT2D eigenvalue weighted by molar-refractivity contribution is 5.56. The number of hydrogen-bond acceptors (Lipinski definition) is 10. The molecule has 0 radical (unpaired) electrons. The molecule has 0 unspecified atom stereocenters. The molecule has 0 saturated carbocycles. The quantitative estimate of drug-likeness (QED) is 0.383. The third-order valence-electron chi connectivity index (χ3n) is 4.34. The molecule has 0 amide bonds. The van der Waals surface area contributed by atoms with E-state index in [0.717, 1.165) is 0 Å². The fraction of sp³-hybridized carbons (Fsp3) is 0.316. The first-order valence-electron chi connectivity index (χ1n) is 9.40. The van der Waals surface area contributed by atoms with E-state index in [2.05, 4.69) is 25.6 Å². The molecule has 0 aliphatic carbocycles. The third kappa shape index (κ3) is 4.20. The van der Waals surface area contributed by atoms with Crippen LogP contribution in [0.2, 0.25) is 0 Å². The number of nitriles is 1. The van der Waals surface area contributed by atoms with Gasteiger partial charge >= 0.3 is 0 Å². The van der Waals surface area contributed by atoms with Gasteiger partial charge in [-0.1, -0.05) is 5.16 Å². The lowest BCUT2D eigenvalue weighted by molar-refractivity contribution is 0.261. The lowest BCUT2D eigenvalue weighted by atomic mass is 10.3. The third-order valence-corrected chi connectivity index (χ3v) is 4.34. The molecule has 0 N–H and O–H groups in total. The van der Waals surface area contributed by atoms with Crippen LogP contribution in [0.1, 0.15) is 24.3 Å². The van der Waals surface area contributed by atoms with Gasteiger partial charge in [0.2, 0.25) is 5.82 Å². The number of hydrogen-bond donors (Lipinski definition) is 0. The number of rotatable bonds is 8. The van der Waals surface area contributed by atoms with Crippen LogP contribution in [0.4, 0.5) is 0 Å². The van der Waals surface area contributed by atoms with Crippen molar-refractivity contribution in [3.63, 3.8) is 0 Å². The van der Waals surface area contributed by atoms with E-state index in [1.165, 1.54) is 22.4 Å². The highest BCUT2D eigenvalue weighted by Crippen LogP contribution is 2.28. The summed E-state index contributed by atoms with van der Waals surface area (Å²) < 4.78 is 19.1. The van der Waals surface area contributed by atoms with Crippen LogP contribution in [0.15, 0.2) is 33.6 Å². The van der Waals surface area contributed by atoms with E-state index in [9.17, 15) is 4.79 Å². The number of fused-ring (bicyclic) bond motifs is 1. The molecule has 31 heavy (non-hydrogen) atoms. The summed E-state index contributed by atoms with van der Waals surface area (Å²) in [5, 5.41) is 29.5. The highest BCUT2D eigenvalue weighted by atomic mass is 16.5. The summed E-state index contributed by atoms with van der Waals surface area (Å²) in [4.78, 5) is 11.9. The van der Waals surface area contributed by atoms with Crippen molar-refractivity contribution in [1.29, 1.82) is 5.26 Å². The van der Waals surface area contributed by atoms with Crippen LogP contribution in [0, 0.1) is 18.3 Å².